The predicted molar refractivity (Wildman–Crippen MR) is 207 cm³/mol. The fourth-order valence-corrected chi connectivity index (χ4v) is 7.10. The molecule has 8 aromatic carbocycles. The maximum Gasteiger partial charge on any atom is 0.227 e. The van der Waals surface area contributed by atoms with Gasteiger partial charge in [0.2, 0.25) is 5.89 Å². The third kappa shape index (κ3) is 5.03. The highest BCUT2D eigenvalue weighted by molar-refractivity contribution is 6.14. The van der Waals surface area contributed by atoms with Crippen LogP contribution in [0.5, 0.6) is 0 Å². The first-order chi connectivity index (χ1) is 25.3. The average Bonchev–Trinajstić information content (AvgIpc) is 3.66. The molecule has 0 bridgehead atoms. The van der Waals surface area contributed by atoms with Gasteiger partial charge >= 0.3 is 0 Å². The number of fused-ring (bicyclic) bond motifs is 6. The third-order valence-electron chi connectivity index (χ3n) is 9.53. The van der Waals surface area contributed by atoms with E-state index in [1.165, 1.54) is 5.39 Å². The monoisotopic (exact) mass is 652 g/mol. The third-order valence-corrected chi connectivity index (χ3v) is 9.53. The highest BCUT2D eigenvalue weighted by Crippen LogP contribution is 2.39. The molecule has 0 fully saturated rings. The molecular formula is C46H28N4O. The van der Waals surface area contributed by atoms with Gasteiger partial charge in [-0.3, -0.25) is 0 Å². The van der Waals surface area contributed by atoms with Crippen molar-refractivity contribution in [2.45, 2.75) is 0 Å². The summed E-state index contributed by atoms with van der Waals surface area (Å²) in [5.41, 5.74) is 7.34. The fourth-order valence-electron chi connectivity index (χ4n) is 7.10. The molecule has 0 atom stereocenters. The minimum atomic E-state index is 0.569. The smallest absolute Gasteiger partial charge is 0.227 e. The van der Waals surface area contributed by atoms with Crippen LogP contribution in [0.15, 0.2) is 174 Å². The van der Waals surface area contributed by atoms with Crippen molar-refractivity contribution in [2.24, 2.45) is 0 Å². The van der Waals surface area contributed by atoms with Crippen molar-refractivity contribution >= 4 is 43.4 Å². The molecule has 10 rings (SSSR count). The van der Waals surface area contributed by atoms with Crippen LogP contribution in [0.2, 0.25) is 0 Å². The van der Waals surface area contributed by atoms with Gasteiger partial charge < -0.3 is 4.42 Å². The Bertz CT molecular complexity index is 2920. The van der Waals surface area contributed by atoms with E-state index >= 15 is 0 Å². The van der Waals surface area contributed by atoms with Crippen molar-refractivity contribution in [3.63, 3.8) is 0 Å². The van der Waals surface area contributed by atoms with E-state index in [9.17, 15) is 0 Å². The lowest BCUT2D eigenvalue weighted by atomic mass is 9.96. The van der Waals surface area contributed by atoms with E-state index in [0.717, 1.165) is 71.4 Å². The minimum absolute atomic E-state index is 0.569. The van der Waals surface area contributed by atoms with E-state index in [4.69, 9.17) is 24.4 Å². The van der Waals surface area contributed by atoms with Crippen LogP contribution in [0.25, 0.3) is 100 Å². The van der Waals surface area contributed by atoms with Gasteiger partial charge in [0.15, 0.2) is 23.1 Å². The van der Waals surface area contributed by atoms with Crippen LogP contribution in [0.4, 0.5) is 0 Å². The Kier molecular flexibility index (Phi) is 6.74. The van der Waals surface area contributed by atoms with E-state index in [1.54, 1.807) is 0 Å². The Morgan fingerprint density at radius 2 is 0.863 bits per heavy atom. The molecule has 0 saturated heterocycles. The minimum Gasteiger partial charge on any atom is -0.435 e. The first kappa shape index (κ1) is 29.0. The van der Waals surface area contributed by atoms with Crippen molar-refractivity contribution < 1.29 is 4.42 Å². The number of hydrogen-bond acceptors (Lipinski definition) is 5. The fraction of sp³-hybridized carbons (Fsp3) is 0. The van der Waals surface area contributed by atoms with Crippen molar-refractivity contribution in [3.8, 4) is 56.7 Å². The quantitative estimate of drug-likeness (QED) is 0.173. The Labute approximate surface area is 293 Å². The van der Waals surface area contributed by atoms with Gasteiger partial charge in [0.05, 0.1) is 0 Å². The number of oxazole rings is 1. The second-order valence-corrected chi connectivity index (χ2v) is 12.6. The topological polar surface area (TPSA) is 64.7 Å². The zero-order chi connectivity index (χ0) is 33.7. The van der Waals surface area contributed by atoms with Crippen LogP contribution in [0, 0.1) is 0 Å². The lowest BCUT2D eigenvalue weighted by Gasteiger charge is -2.13. The summed E-state index contributed by atoms with van der Waals surface area (Å²) < 4.78 is 6.42. The number of aromatic nitrogens is 4. The zero-order valence-electron chi connectivity index (χ0n) is 27.4. The van der Waals surface area contributed by atoms with Crippen LogP contribution >= 0.6 is 0 Å². The van der Waals surface area contributed by atoms with E-state index in [2.05, 4.69) is 121 Å². The molecule has 0 radical (unpaired) electrons. The largest absolute Gasteiger partial charge is 0.435 e. The molecule has 0 spiro atoms. The van der Waals surface area contributed by atoms with Gasteiger partial charge in [-0.05, 0) is 68.4 Å². The Morgan fingerprint density at radius 3 is 1.61 bits per heavy atom. The Balaban J connectivity index is 1.25. The molecule has 2 aromatic heterocycles. The average molecular weight is 653 g/mol. The Hall–Kier alpha value is -6.98. The molecule has 0 N–H and O–H groups in total. The molecule has 0 aliphatic carbocycles. The molecular weight excluding hydrogens is 625 g/mol. The van der Waals surface area contributed by atoms with Gasteiger partial charge in [0.1, 0.15) is 5.52 Å². The van der Waals surface area contributed by atoms with Crippen LogP contribution in [-0.2, 0) is 0 Å². The second kappa shape index (κ2) is 11.9. The van der Waals surface area contributed by atoms with Gasteiger partial charge in [-0.25, -0.2) is 19.9 Å². The molecule has 0 unspecified atom stereocenters. The molecule has 238 valence electrons. The molecule has 51 heavy (non-hydrogen) atoms. The van der Waals surface area contributed by atoms with E-state index in [-0.39, 0.29) is 0 Å². The van der Waals surface area contributed by atoms with E-state index < -0.39 is 0 Å². The summed E-state index contributed by atoms with van der Waals surface area (Å²) in [6.45, 7) is 0. The SMILES string of the molecule is c1ccc(-c2cccc(-c3nc(-c4cc5ccccc5c5ccccc45)nc(-c4cc5nc(-c6ccccc6)oc5c5ccccc45)n3)c2)cc1. The number of rotatable bonds is 5. The van der Waals surface area contributed by atoms with Gasteiger partial charge in [-0.2, -0.15) is 0 Å². The maximum atomic E-state index is 6.42. The van der Waals surface area contributed by atoms with Crippen molar-refractivity contribution in [1.29, 1.82) is 0 Å². The summed E-state index contributed by atoms with van der Waals surface area (Å²) in [4.78, 5) is 20.7. The van der Waals surface area contributed by atoms with Crippen LogP contribution in [-0.4, -0.2) is 19.9 Å². The molecule has 5 nitrogen and oxygen atoms in total. The lowest BCUT2D eigenvalue weighted by Crippen LogP contribution is -2.01. The summed E-state index contributed by atoms with van der Waals surface area (Å²) in [5, 5.41) is 6.49. The van der Waals surface area contributed by atoms with Crippen LogP contribution in [0.1, 0.15) is 0 Å². The van der Waals surface area contributed by atoms with Gasteiger partial charge in [0.25, 0.3) is 0 Å². The molecule has 0 saturated carbocycles. The zero-order valence-corrected chi connectivity index (χ0v) is 27.4. The normalized spacial score (nSPS) is 11.5. The van der Waals surface area contributed by atoms with Crippen molar-refractivity contribution in [2.75, 3.05) is 0 Å². The lowest BCUT2D eigenvalue weighted by molar-refractivity contribution is 0.623. The standard InChI is InChI=1S/C46H28N4O/c1-3-14-29(15-4-1)31-19-13-20-33(26-31)43-48-44(39-27-32-18-7-8-21-34(32)35-22-9-10-23-36(35)39)50-45(49-43)40-28-41-42(38-25-12-11-24-37(38)40)51-46(47-41)30-16-5-2-6-17-30/h1-28H. The summed E-state index contributed by atoms with van der Waals surface area (Å²) in [6.07, 6.45) is 0. The highest BCUT2D eigenvalue weighted by Gasteiger charge is 2.20. The summed E-state index contributed by atoms with van der Waals surface area (Å²) >= 11 is 0. The second-order valence-electron chi connectivity index (χ2n) is 12.6. The summed E-state index contributed by atoms with van der Waals surface area (Å²) in [6, 6.07) is 58.2. The summed E-state index contributed by atoms with van der Waals surface area (Å²) in [5.74, 6) is 2.35. The maximum absolute atomic E-state index is 6.42. The molecule has 0 aliphatic heterocycles. The van der Waals surface area contributed by atoms with E-state index in [1.807, 2.05) is 48.5 Å². The van der Waals surface area contributed by atoms with Crippen LogP contribution in [0.3, 0.4) is 0 Å². The van der Waals surface area contributed by atoms with Crippen molar-refractivity contribution in [1.82, 2.24) is 19.9 Å². The van der Waals surface area contributed by atoms with E-state index in [0.29, 0.717) is 23.4 Å². The first-order valence-electron chi connectivity index (χ1n) is 17.0. The first-order valence-corrected chi connectivity index (χ1v) is 17.0. The number of hydrogen-bond donors (Lipinski definition) is 0. The number of nitrogens with zero attached hydrogens (tertiary/aromatic N) is 4. The molecule has 10 aromatic rings. The van der Waals surface area contributed by atoms with Gasteiger partial charge in [-0.15, -0.1) is 0 Å². The number of benzene rings is 8. The molecule has 0 amide bonds. The molecule has 5 heteroatoms. The van der Waals surface area contributed by atoms with Crippen molar-refractivity contribution in [3.05, 3.63) is 170 Å². The Morgan fingerprint density at radius 1 is 0.333 bits per heavy atom. The molecule has 2 heterocycles. The predicted octanol–water partition coefficient (Wildman–Crippen LogP) is 11.8. The van der Waals surface area contributed by atoms with Gasteiger partial charge in [-0.1, -0.05) is 140 Å². The van der Waals surface area contributed by atoms with Crippen LogP contribution < -0.4 is 0 Å². The summed E-state index contributed by atoms with van der Waals surface area (Å²) in [7, 11) is 0. The molecule has 0 aliphatic rings. The highest BCUT2D eigenvalue weighted by atomic mass is 16.3. The van der Waals surface area contributed by atoms with Gasteiger partial charge in [0, 0.05) is 27.6 Å².